The van der Waals surface area contributed by atoms with Crippen LogP contribution < -0.4 is 5.32 Å². The Kier molecular flexibility index (Phi) is 7.41. The number of nitrogens with zero attached hydrogens (tertiary/aromatic N) is 2. The van der Waals surface area contributed by atoms with Crippen molar-refractivity contribution in [2.24, 2.45) is 0 Å². The Balaban J connectivity index is 1.61. The molecule has 7 nitrogen and oxygen atoms in total. The number of hydrogen-bond acceptors (Lipinski definition) is 5. The number of nitrogens with one attached hydrogen (secondary N) is 1. The zero-order chi connectivity index (χ0) is 20.6. The van der Waals surface area contributed by atoms with Gasteiger partial charge in [0.2, 0.25) is 5.91 Å². The smallest absolute Gasteiger partial charge is 0.273 e. The minimum atomic E-state index is -0.298. The molecular weight excluding hydrogens is 370 g/mol. The molecule has 1 aromatic carbocycles. The minimum Gasteiger partial charge on any atom is -0.375 e. The number of aromatic nitrogens is 1. The molecule has 1 fully saturated rings. The highest BCUT2D eigenvalue weighted by molar-refractivity contribution is 5.92. The third kappa shape index (κ3) is 5.90. The van der Waals surface area contributed by atoms with Crippen LogP contribution in [-0.2, 0) is 22.6 Å². The predicted octanol–water partition coefficient (Wildman–Crippen LogP) is 3.22. The fourth-order valence-corrected chi connectivity index (χ4v) is 3.66. The molecule has 0 unspecified atom stereocenters. The van der Waals surface area contributed by atoms with Crippen LogP contribution in [0.1, 0.15) is 59.5 Å². The van der Waals surface area contributed by atoms with Crippen molar-refractivity contribution in [3.8, 4) is 0 Å². The number of ether oxygens (including phenoxy) is 1. The highest BCUT2D eigenvalue weighted by Gasteiger charge is 2.27. The number of carbonyl (C=O) groups excluding carboxylic acids is 2. The van der Waals surface area contributed by atoms with Gasteiger partial charge in [0, 0.05) is 25.8 Å². The summed E-state index contributed by atoms with van der Waals surface area (Å²) in [6.07, 6.45) is 5.40. The maximum absolute atomic E-state index is 12.5. The maximum Gasteiger partial charge on any atom is 0.273 e. The minimum absolute atomic E-state index is 0.0362. The van der Waals surface area contributed by atoms with Gasteiger partial charge in [-0.25, -0.2) is 0 Å². The first-order chi connectivity index (χ1) is 14.1. The Bertz CT molecular complexity index is 810. The highest BCUT2D eigenvalue weighted by atomic mass is 16.5. The lowest BCUT2D eigenvalue weighted by Crippen LogP contribution is -2.42. The van der Waals surface area contributed by atoms with Gasteiger partial charge in [-0.15, -0.1) is 0 Å². The van der Waals surface area contributed by atoms with Crippen LogP contribution in [0.15, 0.2) is 34.9 Å². The van der Waals surface area contributed by atoms with Crippen LogP contribution in [-0.4, -0.2) is 41.6 Å². The summed E-state index contributed by atoms with van der Waals surface area (Å²) in [7, 11) is 1.52. The molecule has 1 heterocycles. The van der Waals surface area contributed by atoms with Crippen molar-refractivity contribution in [2.45, 2.75) is 58.2 Å². The van der Waals surface area contributed by atoms with Crippen molar-refractivity contribution < 1.29 is 18.8 Å². The van der Waals surface area contributed by atoms with Gasteiger partial charge >= 0.3 is 0 Å². The molecule has 0 aliphatic heterocycles. The van der Waals surface area contributed by atoms with Crippen LogP contribution in [0, 0.1) is 6.92 Å². The molecule has 1 aliphatic rings. The molecule has 1 aliphatic carbocycles. The van der Waals surface area contributed by atoms with E-state index in [4.69, 9.17) is 9.26 Å². The Morgan fingerprint density at radius 1 is 1.21 bits per heavy atom. The van der Waals surface area contributed by atoms with Crippen molar-refractivity contribution in [1.82, 2.24) is 15.4 Å². The van der Waals surface area contributed by atoms with Crippen molar-refractivity contribution in [3.05, 3.63) is 52.9 Å². The molecule has 0 saturated heterocycles. The molecule has 2 amide bonds. The average molecular weight is 399 g/mol. The van der Waals surface area contributed by atoms with Crippen LogP contribution in [0.2, 0.25) is 0 Å². The number of carbonyl (C=O) groups is 2. The Morgan fingerprint density at radius 3 is 2.62 bits per heavy atom. The molecule has 1 aromatic heterocycles. The fourth-order valence-electron chi connectivity index (χ4n) is 3.66. The molecule has 0 atom stereocenters. The van der Waals surface area contributed by atoms with Crippen LogP contribution in [0.3, 0.4) is 0 Å². The predicted molar refractivity (Wildman–Crippen MR) is 108 cm³/mol. The second-order valence-corrected chi connectivity index (χ2v) is 7.59. The van der Waals surface area contributed by atoms with E-state index in [0.717, 1.165) is 31.2 Å². The van der Waals surface area contributed by atoms with Gasteiger partial charge in [0.15, 0.2) is 11.5 Å². The third-order valence-electron chi connectivity index (χ3n) is 5.30. The normalized spacial score (nSPS) is 14.6. The van der Waals surface area contributed by atoms with Crippen molar-refractivity contribution >= 4 is 11.8 Å². The van der Waals surface area contributed by atoms with Crippen molar-refractivity contribution in [1.29, 1.82) is 0 Å². The third-order valence-corrected chi connectivity index (χ3v) is 5.30. The number of aryl methyl sites for hydroxylation is 1. The van der Waals surface area contributed by atoms with Gasteiger partial charge in [-0.2, -0.15) is 0 Å². The van der Waals surface area contributed by atoms with Gasteiger partial charge in [0.05, 0.1) is 6.54 Å². The summed E-state index contributed by atoms with van der Waals surface area (Å²) in [5.41, 5.74) is 2.41. The summed E-state index contributed by atoms with van der Waals surface area (Å²) < 4.78 is 10.4. The second-order valence-electron chi connectivity index (χ2n) is 7.59. The summed E-state index contributed by atoms with van der Waals surface area (Å²) in [5, 5.41) is 6.74. The Morgan fingerprint density at radius 2 is 1.93 bits per heavy atom. The molecule has 0 bridgehead atoms. The maximum atomic E-state index is 12.5. The standard InChI is InChI=1S/C22H29N3O4/c1-16-8-10-17(11-9-16)13-23-22(27)20-12-19(29-24-20)14-25(21(26)15-28-2)18-6-4-3-5-7-18/h8-12,18H,3-7,13-15H2,1-2H3,(H,23,27). The molecule has 1 saturated carbocycles. The summed E-state index contributed by atoms with van der Waals surface area (Å²) in [4.78, 5) is 26.7. The number of amides is 2. The van der Waals surface area contributed by atoms with Gasteiger partial charge in [-0.05, 0) is 25.3 Å². The van der Waals surface area contributed by atoms with Crippen LogP contribution in [0.5, 0.6) is 0 Å². The molecule has 2 aromatic rings. The van der Waals surface area contributed by atoms with E-state index in [1.807, 2.05) is 31.2 Å². The molecule has 1 N–H and O–H groups in total. The van der Waals surface area contributed by atoms with E-state index >= 15 is 0 Å². The number of rotatable bonds is 8. The summed E-state index contributed by atoms with van der Waals surface area (Å²) >= 11 is 0. The van der Waals surface area contributed by atoms with Gasteiger partial charge < -0.3 is 19.5 Å². The second kappa shape index (κ2) is 10.2. The Hall–Kier alpha value is -2.67. The molecule has 3 rings (SSSR count). The first-order valence-electron chi connectivity index (χ1n) is 10.1. The number of benzene rings is 1. The van der Waals surface area contributed by atoms with Crippen LogP contribution >= 0.6 is 0 Å². The quantitative estimate of drug-likeness (QED) is 0.737. The van der Waals surface area contributed by atoms with E-state index in [9.17, 15) is 9.59 Å². The van der Waals surface area contributed by atoms with E-state index < -0.39 is 0 Å². The summed E-state index contributed by atoms with van der Waals surface area (Å²) in [6.45, 7) is 2.77. The molecular formula is C22H29N3O4. The van der Waals surface area contributed by atoms with Crippen LogP contribution in [0.25, 0.3) is 0 Å². The number of hydrogen-bond donors (Lipinski definition) is 1. The van der Waals surface area contributed by atoms with Crippen molar-refractivity contribution in [2.75, 3.05) is 13.7 Å². The zero-order valence-corrected chi connectivity index (χ0v) is 17.1. The monoisotopic (exact) mass is 399 g/mol. The summed E-state index contributed by atoms with van der Waals surface area (Å²) in [5.74, 6) is 0.134. The lowest BCUT2D eigenvalue weighted by atomic mass is 9.94. The van der Waals surface area contributed by atoms with E-state index in [1.54, 1.807) is 11.0 Å². The largest absolute Gasteiger partial charge is 0.375 e. The molecule has 156 valence electrons. The molecule has 7 heteroatoms. The lowest BCUT2D eigenvalue weighted by Gasteiger charge is -2.33. The summed E-state index contributed by atoms with van der Waals surface area (Å²) in [6, 6.07) is 9.76. The van der Waals surface area contributed by atoms with E-state index in [2.05, 4.69) is 10.5 Å². The fraction of sp³-hybridized carbons (Fsp3) is 0.500. The van der Waals surface area contributed by atoms with Crippen molar-refractivity contribution in [3.63, 3.8) is 0 Å². The van der Waals surface area contributed by atoms with Gasteiger partial charge in [0.25, 0.3) is 5.91 Å². The van der Waals surface area contributed by atoms with E-state index in [0.29, 0.717) is 18.8 Å². The van der Waals surface area contributed by atoms with E-state index in [-0.39, 0.29) is 30.2 Å². The highest BCUT2D eigenvalue weighted by Crippen LogP contribution is 2.24. The first-order valence-corrected chi connectivity index (χ1v) is 10.1. The van der Waals surface area contributed by atoms with Gasteiger partial charge in [-0.3, -0.25) is 9.59 Å². The first kappa shape index (κ1) is 21.0. The molecule has 0 radical (unpaired) electrons. The molecule has 0 spiro atoms. The number of methoxy groups -OCH3 is 1. The van der Waals surface area contributed by atoms with Crippen LogP contribution in [0.4, 0.5) is 0 Å². The molecule has 29 heavy (non-hydrogen) atoms. The zero-order valence-electron chi connectivity index (χ0n) is 17.1. The van der Waals surface area contributed by atoms with Gasteiger partial charge in [-0.1, -0.05) is 54.2 Å². The Labute approximate surface area is 171 Å². The topological polar surface area (TPSA) is 84.7 Å². The van der Waals surface area contributed by atoms with Gasteiger partial charge in [0.1, 0.15) is 6.61 Å². The average Bonchev–Trinajstić information content (AvgIpc) is 3.21. The SMILES string of the molecule is COCC(=O)N(Cc1cc(C(=O)NCc2ccc(C)cc2)no1)C1CCCCC1. The lowest BCUT2D eigenvalue weighted by molar-refractivity contribution is -0.139. The van der Waals surface area contributed by atoms with E-state index in [1.165, 1.54) is 19.1 Å².